The van der Waals surface area contributed by atoms with Gasteiger partial charge in [-0.1, -0.05) is 12.1 Å². The largest absolute Gasteiger partial charge is 0.445 e. The molecule has 2 saturated heterocycles. The molecule has 5 rings (SSSR count). The summed E-state index contributed by atoms with van der Waals surface area (Å²) < 4.78 is 48.4. The molecule has 44 heavy (non-hydrogen) atoms. The van der Waals surface area contributed by atoms with Gasteiger partial charge in [-0.25, -0.2) is 19.7 Å². The molecular formula is C24H32N6O12P2. The van der Waals surface area contributed by atoms with Gasteiger partial charge in [0.15, 0.2) is 23.5 Å². The van der Waals surface area contributed by atoms with Crippen molar-refractivity contribution in [1.29, 1.82) is 0 Å². The third-order valence-corrected chi connectivity index (χ3v) is 9.34. The molecule has 8 N–H and O–H groups in total. The van der Waals surface area contributed by atoms with Crippen molar-refractivity contribution < 1.29 is 57.6 Å². The first kappa shape index (κ1) is 32.4. The predicted molar refractivity (Wildman–Crippen MR) is 150 cm³/mol. The van der Waals surface area contributed by atoms with Crippen molar-refractivity contribution in [3.63, 3.8) is 0 Å². The summed E-state index contributed by atoms with van der Waals surface area (Å²) in [6.07, 6.45) is -3.63. The van der Waals surface area contributed by atoms with E-state index >= 15 is 0 Å². The minimum atomic E-state index is -4.91. The van der Waals surface area contributed by atoms with Crippen LogP contribution in [0.1, 0.15) is 38.5 Å². The van der Waals surface area contributed by atoms with E-state index in [2.05, 4.69) is 20.3 Å². The number of nitrogens with zero attached hydrogens (tertiary/aromatic N) is 4. The second kappa shape index (κ2) is 12.1. The van der Waals surface area contributed by atoms with Crippen LogP contribution < -0.4 is 16.4 Å². The number of carbonyl (C=O) groups is 1. The Labute approximate surface area is 249 Å². The second-order valence-corrected chi connectivity index (χ2v) is 14.2. The van der Waals surface area contributed by atoms with E-state index in [9.17, 15) is 38.6 Å². The maximum absolute atomic E-state index is 12.4. The quantitative estimate of drug-likeness (QED) is 0.143. The van der Waals surface area contributed by atoms with Gasteiger partial charge in [-0.05, 0) is 44.4 Å². The summed E-state index contributed by atoms with van der Waals surface area (Å²) in [5.74, 6) is -2.57. The SMILES string of the molecule is CC1(C)O[C@@H]2[C@H](O1)[C@@H](C(O)CCC(NC(=O)OCc1ccc(P(=O)(O)O)cc1)P(=O)(O)O)O[C@H]2n1cnc2c(N)ncnc21. The topological polar surface area (TPSA) is 271 Å². The van der Waals surface area contributed by atoms with Gasteiger partial charge in [0, 0.05) is 0 Å². The zero-order valence-corrected chi connectivity index (χ0v) is 25.2. The molecule has 20 heteroatoms. The Morgan fingerprint density at radius 1 is 1.09 bits per heavy atom. The first-order valence-corrected chi connectivity index (χ1v) is 16.6. The Kier molecular flexibility index (Phi) is 8.87. The smallest absolute Gasteiger partial charge is 0.408 e. The molecule has 18 nitrogen and oxygen atoms in total. The molecule has 0 saturated carbocycles. The highest BCUT2D eigenvalue weighted by Crippen LogP contribution is 2.46. The Balaban J connectivity index is 1.23. The first-order valence-electron chi connectivity index (χ1n) is 13.3. The predicted octanol–water partition coefficient (Wildman–Crippen LogP) is 0.200. The Bertz CT molecular complexity index is 1610. The molecular weight excluding hydrogens is 626 g/mol. The fourth-order valence-corrected chi connectivity index (χ4v) is 6.42. The zero-order valence-electron chi connectivity index (χ0n) is 23.4. The van der Waals surface area contributed by atoms with Crippen LogP contribution >= 0.6 is 15.2 Å². The van der Waals surface area contributed by atoms with Crippen LogP contribution in [0.4, 0.5) is 10.6 Å². The number of ether oxygens (including phenoxy) is 4. The maximum atomic E-state index is 12.4. The van der Waals surface area contributed by atoms with Crippen LogP contribution in [0.25, 0.3) is 11.2 Å². The van der Waals surface area contributed by atoms with E-state index in [0.29, 0.717) is 16.7 Å². The number of amides is 1. The van der Waals surface area contributed by atoms with Gasteiger partial charge in [-0.2, -0.15) is 0 Å². The van der Waals surface area contributed by atoms with Crippen molar-refractivity contribution in [2.24, 2.45) is 0 Å². The second-order valence-electron chi connectivity index (χ2n) is 10.8. The molecule has 4 heterocycles. The van der Waals surface area contributed by atoms with Crippen LogP contribution in [0.15, 0.2) is 36.9 Å². The van der Waals surface area contributed by atoms with Gasteiger partial charge >= 0.3 is 21.3 Å². The van der Waals surface area contributed by atoms with Crippen LogP contribution in [0.2, 0.25) is 0 Å². The number of anilines is 1. The van der Waals surface area contributed by atoms with E-state index < -0.39 is 63.5 Å². The Morgan fingerprint density at radius 2 is 1.77 bits per heavy atom. The fraction of sp³-hybridized carbons (Fsp3) is 0.500. The minimum absolute atomic E-state index is 0.163. The van der Waals surface area contributed by atoms with E-state index in [1.54, 1.807) is 18.4 Å². The van der Waals surface area contributed by atoms with Crippen molar-refractivity contribution in [3.05, 3.63) is 42.5 Å². The van der Waals surface area contributed by atoms with Gasteiger partial charge in [-0.15, -0.1) is 0 Å². The van der Waals surface area contributed by atoms with Gasteiger partial charge in [0.25, 0.3) is 0 Å². The molecule has 0 spiro atoms. The van der Waals surface area contributed by atoms with Gasteiger partial charge in [0.2, 0.25) is 0 Å². The van der Waals surface area contributed by atoms with Crippen LogP contribution in [0.5, 0.6) is 0 Å². The lowest BCUT2D eigenvalue weighted by Crippen LogP contribution is -2.40. The Morgan fingerprint density at radius 3 is 2.43 bits per heavy atom. The molecule has 2 unspecified atom stereocenters. The molecule has 6 atom stereocenters. The molecule has 2 aliphatic heterocycles. The number of nitrogens with two attached hydrogens (primary N) is 1. The van der Waals surface area contributed by atoms with Crippen molar-refractivity contribution in [3.8, 4) is 0 Å². The number of imidazole rings is 1. The number of aliphatic hydroxyl groups is 1. The van der Waals surface area contributed by atoms with Crippen molar-refractivity contribution >= 4 is 43.6 Å². The molecule has 1 aromatic carbocycles. The average molecular weight is 658 g/mol. The number of hydrogen-bond donors (Lipinski definition) is 7. The highest BCUT2D eigenvalue weighted by Gasteiger charge is 2.58. The van der Waals surface area contributed by atoms with E-state index in [0.717, 1.165) is 0 Å². The van der Waals surface area contributed by atoms with Gasteiger partial charge in [0.1, 0.15) is 42.5 Å². The minimum Gasteiger partial charge on any atom is -0.445 e. The molecule has 3 aromatic rings. The van der Waals surface area contributed by atoms with Crippen molar-refractivity contribution in [2.75, 3.05) is 5.73 Å². The van der Waals surface area contributed by atoms with Crippen LogP contribution in [0.3, 0.4) is 0 Å². The van der Waals surface area contributed by atoms with Crippen LogP contribution in [-0.2, 0) is 34.7 Å². The van der Waals surface area contributed by atoms with Gasteiger partial charge in [0.05, 0.1) is 17.7 Å². The van der Waals surface area contributed by atoms with Gasteiger partial charge < -0.3 is 54.7 Å². The molecule has 0 bridgehead atoms. The number of rotatable bonds is 10. The molecule has 1 amide bonds. The normalized spacial score (nSPS) is 24.6. The number of nitrogens with one attached hydrogen (secondary N) is 1. The third kappa shape index (κ3) is 6.94. The summed E-state index contributed by atoms with van der Waals surface area (Å²) in [5.41, 5.74) is 7.00. The number of nitrogen functional groups attached to an aromatic ring is 1. The number of aromatic nitrogens is 4. The lowest BCUT2D eigenvalue weighted by Gasteiger charge is -2.28. The van der Waals surface area contributed by atoms with Crippen molar-refractivity contribution in [1.82, 2.24) is 24.8 Å². The lowest BCUT2D eigenvalue weighted by atomic mass is 10.0. The van der Waals surface area contributed by atoms with E-state index in [-0.39, 0.29) is 30.6 Å². The summed E-state index contributed by atoms with van der Waals surface area (Å²) in [4.78, 5) is 62.9. The highest BCUT2D eigenvalue weighted by molar-refractivity contribution is 7.60. The summed E-state index contributed by atoms with van der Waals surface area (Å²) in [7, 11) is -9.35. The first-order chi connectivity index (χ1) is 20.5. The number of aliphatic hydroxyl groups excluding tert-OH is 1. The number of hydrogen-bond acceptors (Lipinski definition) is 12. The monoisotopic (exact) mass is 658 g/mol. The molecule has 240 valence electrons. The standard InChI is InChI=1S/C24H32N6O12P2/c1-24(2)41-18-17(40-22(19(18)42-24)30-11-28-16-20(25)26-10-27-21(16)30)14(31)7-8-15(44(36,37)38)29-23(32)39-9-12-3-5-13(6-4-12)43(33,34)35/h3-6,10-11,14-15,17-19,22,31H,7-9H2,1-2H3,(H,29,32)(H2,25,26,27)(H2,33,34,35)(H2,36,37,38)/t14?,15?,17-,18-,19-,22-/m1/s1. The number of fused-ring (bicyclic) bond motifs is 2. The number of benzene rings is 1. The summed E-state index contributed by atoms with van der Waals surface area (Å²) in [6, 6.07) is 5.03. The molecule has 2 fully saturated rings. The van der Waals surface area contributed by atoms with E-state index in [1.807, 2.05) is 0 Å². The average Bonchev–Trinajstić information content (AvgIpc) is 3.60. The Hall–Kier alpha value is -3.02. The summed E-state index contributed by atoms with van der Waals surface area (Å²) in [6.45, 7) is 3.06. The summed E-state index contributed by atoms with van der Waals surface area (Å²) >= 11 is 0. The number of carbonyl (C=O) groups excluding carboxylic acids is 1. The zero-order chi connectivity index (χ0) is 32.0. The third-order valence-electron chi connectivity index (χ3n) is 7.17. The molecule has 2 aliphatic rings. The lowest BCUT2D eigenvalue weighted by molar-refractivity contribution is -0.207. The highest BCUT2D eigenvalue weighted by atomic mass is 31.2. The summed E-state index contributed by atoms with van der Waals surface area (Å²) in [5, 5.41) is 13.0. The van der Waals surface area contributed by atoms with Crippen molar-refractivity contribution in [2.45, 2.75) is 75.5 Å². The molecule has 0 aliphatic carbocycles. The fourth-order valence-electron chi connectivity index (χ4n) is 5.13. The number of alkyl carbamates (subject to hydrolysis) is 1. The van der Waals surface area contributed by atoms with Crippen LogP contribution in [-0.4, -0.2) is 86.3 Å². The van der Waals surface area contributed by atoms with E-state index in [4.69, 9.17) is 24.7 Å². The van der Waals surface area contributed by atoms with E-state index in [1.165, 1.54) is 36.9 Å². The molecule has 0 radical (unpaired) electrons. The van der Waals surface area contributed by atoms with Crippen LogP contribution in [0, 0.1) is 0 Å². The molecule has 2 aromatic heterocycles. The van der Waals surface area contributed by atoms with Gasteiger partial charge in [-0.3, -0.25) is 13.7 Å². The maximum Gasteiger partial charge on any atom is 0.408 e.